The summed E-state index contributed by atoms with van der Waals surface area (Å²) in [5, 5.41) is 3.21. The van der Waals surface area contributed by atoms with Crippen LogP contribution in [-0.2, 0) is 4.79 Å². The van der Waals surface area contributed by atoms with Gasteiger partial charge < -0.3 is 0 Å². The van der Waals surface area contributed by atoms with E-state index in [1.807, 2.05) is 0 Å². The number of carbonyl (C=O) groups excluding carboxylic acids is 1. The number of rotatable bonds is 3. The SMILES string of the molecule is CC(=O)SCC(C)(C)NP. The Labute approximate surface area is 68.8 Å². The van der Waals surface area contributed by atoms with Gasteiger partial charge in [0.25, 0.3) is 0 Å². The number of nitrogens with one attached hydrogen (secondary N) is 1. The van der Waals surface area contributed by atoms with Crippen molar-refractivity contribution in [1.29, 1.82) is 0 Å². The van der Waals surface area contributed by atoms with Gasteiger partial charge in [0.1, 0.15) is 0 Å². The zero-order chi connectivity index (χ0) is 8.20. The molecule has 2 nitrogen and oxygen atoms in total. The third-order valence-corrected chi connectivity index (χ3v) is 3.08. The first-order valence-electron chi connectivity index (χ1n) is 3.09. The van der Waals surface area contributed by atoms with Gasteiger partial charge >= 0.3 is 0 Å². The lowest BCUT2D eigenvalue weighted by Crippen LogP contribution is -2.35. The van der Waals surface area contributed by atoms with E-state index in [-0.39, 0.29) is 10.7 Å². The molecule has 0 saturated heterocycles. The summed E-state index contributed by atoms with van der Waals surface area (Å²) in [6.45, 7) is 5.69. The molecule has 1 unspecified atom stereocenters. The smallest absolute Gasteiger partial charge is 0.185 e. The lowest BCUT2D eigenvalue weighted by molar-refractivity contribution is -0.109. The monoisotopic (exact) mass is 179 g/mol. The Morgan fingerprint density at radius 2 is 2.20 bits per heavy atom. The first kappa shape index (κ1) is 10.4. The van der Waals surface area contributed by atoms with E-state index in [1.54, 1.807) is 6.92 Å². The zero-order valence-electron chi connectivity index (χ0n) is 6.60. The topological polar surface area (TPSA) is 29.1 Å². The Hall–Kier alpha value is 0.410. The number of thioether (sulfide) groups is 1. The maximum absolute atomic E-state index is 10.5. The molecular formula is C6H14NOPS. The Morgan fingerprint density at radius 1 is 1.70 bits per heavy atom. The molecule has 0 saturated carbocycles. The predicted molar refractivity (Wildman–Crippen MR) is 50.1 cm³/mol. The van der Waals surface area contributed by atoms with Gasteiger partial charge in [-0.3, -0.25) is 9.88 Å². The Morgan fingerprint density at radius 3 is 2.50 bits per heavy atom. The van der Waals surface area contributed by atoms with E-state index in [2.05, 4.69) is 28.3 Å². The lowest BCUT2D eigenvalue weighted by atomic mass is 10.1. The second-order valence-electron chi connectivity index (χ2n) is 2.81. The summed E-state index contributed by atoms with van der Waals surface area (Å²) in [4.78, 5) is 10.5. The highest BCUT2D eigenvalue weighted by molar-refractivity contribution is 8.13. The first-order chi connectivity index (χ1) is 4.48. The highest BCUT2D eigenvalue weighted by Crippen LogP contribution is 2.13. The van der Waals surface area contributed by atoms with Crippen molar-refractivity contribution in [2.45, 2.75) is 26.3 Å². The average Bonchev–Trinajstić information content (AvgIpc) is 1.85. The lowest BCUT2D eigenvalue weighted by Gasteiger charge is -2.21. The molecule has 10 heavy (non-hydrogen) atoms. The van der Waals surface area contributed by atoms with Crippen molar-refractivity contribution in [2.24, 2.45) is 0 Å². The third kappa shape index (κ3) is 5.21. The number of carbonyl (C=O) groups is 1. The minimum Gasteiger partial charge on any atom is -0.295 e. The molecule has 60 valence electrons. The third-order valence-electron chi connectivity index (χ3n) is 1.03. The maximum Gasteiger partial charge on any atom is 0.185 e. The van der Waals surface area contributed by atoms with Gasteiger partial charge in [-0.2, -0.15) is 0 Å². The summed E-state index contributed by atoms with van der Waals surface area (Å²) in [5.41, 5.74) is 0.0288. The summed E-state index contributed by atoms with van der Waals surface area (Å²) in [5.74, 6) is 0.811. The van der Waals surface area contributed by atoms with Crippen molar-refractivity contribution in [2.75, 3.05) is 5.75 Å². The molecule has 0 aliphatic carbocycles. The van der Waals surface area contributed by atoms with Gasteiger partial charge in [-0.15, -0.1) is 0 Å². The van der Waals surface area contributed by atoms with E-state index >= 15 is 0 Å². The van der Waals surface area contributed by atoms with Crippen molar-refractivity contribution in [3.05, 3.63) is 0 Å². The predicted octanol–water partition coefficient (Wildman–Crippen LogP) is 1.42. The molecule has 0 aromatic rings. The molecule has 1 N–H and O–H groups in total. The molecule has 0 amide bonds. The molecule has 0 aliphatic heterocycles. The molecule has 0 spiro atoms. The van der Waals surface area contributed by atoms with E-state index in [9.17, 15) is 4.79 Å². The molecule has 0 aromatic heterocycles. The Balaban J connectivity index is 3.56. The molecule has 4 heteroatoms. The fourth-order valence-electron chi connectivity index (χ4n) is 0.324. The zero-order valence-corrected chi connectivity index (χ0v) is 8.57. The van der Waals surface area contributed by atoms with Crippen molar-refractivity contribution >= 4 is 26.3 Å². The molecule has 0 radical (unpaired) electrons. The summed E-state index contributed by atoms with van der Waals surface area (Å²) < 4.78 is 0. The fourth-order valence-corrected chi connectivity index (χ4v) is 1.22. The van der Waals surface area contributed by atoms with E-state index < -0.39 is 0 Å². The number of hydrogen-bond donors (Lipinski definition) is 1. The normalized spacial score (nSPS) is 11.6. The van der Waals surface area contributed by atoms with Crippen LogP contribution >= 0.6 is 21.2 Å². The van der Waals surface area contributed by atoms with Gasteiger partial charge in [-0.05, 0) is 13.8 Å². The summed E-state index contributed by atoms with van der Waals surface area (Å²) >= 11 is 1.35. The van der Waals surface area contributed by atoms with Crippen LogP contribution in [0.25, 0.3) is 0 Å². The summed E-state index contributed by atoms with van der Waals surface area (Å²) in [6.07, 6.45) is 0. The van der Waals surface area contributed by atoms with Crippen LogP contribution in [0.3, 0.4) is 0 Å². The average molecular weight is 179 g/mol. The quantitative estimate of drug-likeness (QED) is 0.664. The van der Waals surface area contributed by atoms with Crippen LogP contribution in [0, 0.1) is 0 Å². The van der Waals surface area contributed by atoms with E-state index in [4.69, 9.17) is 0 Å². The van der Waals surface area contributed by atoms with Gasteiger partial charge in [0.2, 0.25) is 0 Å². The van der Waals surface area contributed by atoms with Crippen molar-refractivity contribution in [3.63, 3.8) is 0 Å². The van der Waals surface area contributed by atoms with Crippen LogP contribution in [0.1, 0.15) is 20.8 Å². The van der Waals surface area contributed by atoms with Gasteiger partial charge in [0.05, 0.1) is 0 Å². The van der Waals surface area contributed by atoms with Gasteiger partial charge in [-0.1, -0.05) is 21.2 Å². The van der Waals surface area contributed by atoms with Crippen LogP contribution in [-0.4, -0.2) is 16.4 Å². The minimum absolute atomic E-state index is 0.0288. The fraction of sp³-hybridized carbons (Fsp3) is 0.833. The molecule has 0 heterocycles. The molecule has 0 rings (SSSR count). The summed E-state index contributed by atoms with van der Waals surface area (Å²) in [7, 11) is 2.46. The largest absolute Gasteiger partial charge is 0.295 e. The standard InChI is InChI=1S/C6H14NOPS/c1-5(8)10-4-6(2,3)7-9/h7H,4,9H2,1-3H3. The van der Waals surface area contributed by atoms with Gasteiger partial charge in [-0.25, -0.2) is 0 Å². The van der Waals surface area contributed by atoms with Gasteiger partial charge in [0, 0.05) is 18.2 Å². The van der Waals surface area contributed by atoms with E-state index in [0.29, 0.717) is 0 Å². The molecule has 0 bridgehead atoms. The van der Waals surface area contributed by atoms with Crippen LogP contribution in [0.5, 0.6) is 0 Å². The van der Waals surface area contributed by atoms with Crippen LogP contribution in [0.2, 0.25) is 0 Å². The first-order valence-corrected chi connectivity index (χ1v) is 4.65. The Kier molecular flexibility index (Phi) is 4.50. The van der Waals surface area contributed by atoms with E-state index in [0.717, 1.165) is 5.75 Å². The molecule has 0 aromatic carbocycles. The Bertz CT molecular complexity index is 127. The van der Waals surface area contributed by atoms with Crippen molar-refractivity contribution in [3.8, 4) is 0 Å². The van der Waals surface area contributed by atoms with Crippen molar-refractivity contribution < 1.29 is 4.79 Å². The van der Waals surface area contributed by atoms with Crippen molar-refractivity contribution in [1.82, 2.24) is 5.09 Å². The molecule has 0 fully saturated rings. The minimum atomic E-state index is 0.0288. The highest BCUT2D eigenvalue weighted by atomic mass is 32.2. The summed E-state index contributed by atoms with van der Waals surface area (Å²) in [6, 6.07) is 0. The van der Waals surface area contributed by atoms with Crippen LogP contribution in [0.15, 0.2) is 0 Å². The van der Waals surface area contributed by atoms with Crippen LogP contribution < -0.4 is 5.09 Å². The maximum atomic E-state index is 10.5. The second kappa shape index (κ2) is 4.32. The molecular weight excluding hydrogens is 165 g/mol. The molecule has 0 aliphatic rings. The number of hydrogen-bond acceptors (Lipinski definition) is 3. The molecule has 1 atom stereocenters. The van der Waals surface area contributed by atoms with E-state index in [1.165, 1.54) is 11.8 Å². The van der Waals surface area contributed by atoms with Gasteiger partial charge in [0.15, 0.2) is 5.12 Å². The highest BCUT2D eigenvalue weighted by Gasteiger charge is 2.15. The van der Waals surface area contributed by atoms with Crippen LogP contribution in [0.4, 0.5) is 0 Å². The second-order valence-corrected chi connectivity index (χ2v) is 4.25.